The molecule has 0 bridgehead atoms. The van der Waals surface area contributed by atoms with Crippen LogP contribution in [0.5, 0.6) is 0 Å². The Hall–Kier alpha value is -3.16. The smallest absolute Gasteiger partial charge is 0.261 e. The quantitative estimate of drug-likeness (QED) is 0.414. The Bertz CT molecular complexity index is 1190. The molecular weight excluding hydrogens is 422 g/mol. The molecule has 0 fully saturated rings. The Balaban J connectivity index is 2.05. The van der Waals surface area contributed by atoms with Gasteiger partial charge in [0.15, 0.2) is 0 Å². The predicted octanol–water partition coefficient (Wildman–Crippen LogP) is 4.97. The minimum atomic E-state index is -3.85. The van der Waals surface area contributed by atoms with Crippen molar-refractivity contribution in [1.29, 1.82) is 0 Å². The number of allylic oxidation sites excluding steroid dienone is 1. The number of pyridine rings is 1. The van der Waals surface area contributed by atoms with Gasteiger partial charge < -0.3 is 4.84 Å². The van der Waals surface area contributed by atoms with Gasteiger partial charge in [-0.05, 0) is 55.0 Å². The van der Waals surface area contributed by atoms with Crippen molar-refractivity contribution in [3.63, 3.8) is 0 Å². The average molecular weight is 442 g/mol. The minimum Gasteiger partial charge on any atom is -0.399 e. The maximum Gasteiger partial charge on any atom is 0.261 e. The molecule has 8 heteroatoms. The third-order valence-electron chi connectivity index (χ3n) is 4.27. The van der Waals surface area contributed by atoms with Crippen LogP contribution in [0.15, 0.2) is 83.6 Å². The molecule has 0 atom stereocenters. The molecule has 0 spiro atoms. The van der Waals surface area contributed by atoms with Crippen LogP contribution >= 0.6 is 11.6 Å². The molecule has 2 aromatic carbocycles. The first kappa shape index (κ1) is 21.5. The number of sulfonamides is 1. The van der Waals surface area contributed by atoms with Crippen LogP contribution in [0.2, 0.25) is 5.02 Å². The zero-order valence-electron chi connectivity index (χ0n) is 16.5. The number of halogens is 1. The Morgan fingerprint density at radius 2 is 1.73 bits per heavy atom. The maximum atomic E-state index is 13.0. The van der Waals surface area contributed by atoms with Gasteiger partial charge in [0, 0.05) is 28.5 Å². The molecule has 154 valence electrons. The number of hydrogen-bond acceptors (Lipinski definition) is 5. The summed E-state index contributed by atoms with van der Waals surface area (Å²) in [7, 11) is -2.44. The average Bonchev–Trinajstić information content (AvgIpc) is 2.74. The van der Waals surface area contributed by atoms with Crippen LogP contribution in [0.4, 0.5) is 5.69 Å². The summed E-state index contributed by atoms with van der Waals surface area (Å²) in [6, 6.07) is 14.8. The fourth-order valence-electron chi connectivity index (χ4n) is 2.78. The summed E-state index contributed by atoms with van der Waals surface area (Å²) in [6.07, 6.45) is 3.22. The molecule has 0 saturated carbocycles. The standard InChI is InChI=1S/C22H20ClN3O3S/c1-15(2)16-4-7-19(8-5-16)30(27,28)26-21-9-6-18(23)14-20(21)22(25-29-3)17-10-12-24-13-11-17/h4-14,26H,1H2,2-3H3/b25-22-. The van der Waals surface area contributed by atoms with E-state index in [-0.39, 0.29) is 4.90 Å². The van der Waals surface area contributed by atoms with Gasteiger partial charge >= 0.3 is 0 Å². The van der Waals surface area contributed by atoms with Crippen molar-refractivity contribution in [2.45, 2.75) is 11.8 Å². The fraction of sp³-hybridized carbons (Fsp3) is 0.0909. The van der Waals surface area contributed by atoms with E-state index in [1.807, 2.05) is 6.92 Å². The highest BCUT2D eigenvalue weighted by atomic mass is 35.5. The molecule has 0 unspecified atom stereocenters. The SMILES string of the molecule is C=C(C)c1ccc(S(=O)(=O)Nc2ccc(Cl)cc2/C(=N\OC)c2ccncc2)cc1. The second kappa shape index (κ2) is 9.11. The van der Waals surface area contributed by atoms with Crippen molar-refractivity contribution in [1.82, 2.24) is 4.98 Å². The number of aromatic nitrogens is 1. The van der Waals surface area contributed by atoms with Gasteiger partial charge in [-0.1, -0.05) is 41.0 Å². The van der Waals surface area contributed by atoms with Crippen molar-refractivity contribution in [3.05, 3.63) is 95.3 Å². The molecule has 1 heterocycles. The molecule has 3 aromatic rings. The van der Waals surface area contributed by atoms with Gasteiger partial charge in [0.2, 0.25) is 0 Å². The molecule has 0 aliphatic rings. The van der Waals surface area contributed by atoms with E-state index >= 15 is 0 Å². The summed E-state index contributed by atoms with van der Waals surface area (Å²) in [5.74, 6) is 0. The normalized spacial score (nSPS) is 11.8. The minimum absolute atomic E-state index is 0.127. The Kier molecular flexibility index (Phi) is 6.54. The molecule has 0 amide bonds. The first-order valence-corrected chi connectivity index (χ1v) is 10.8. The third kappa shape index (κ3) is 4.87. The first-order valence-electron chi connectivity index (χ1n) is 8.92. The van der Waals surface area contributed by atoms with Gasteiger partial charge in [-0.2, -0.15) is 0 Å². The Labute approximate surface area is 180 Å². The van der Waals surface area contributed by atoms with E-state index < -0.39 is 10.0 Å². The number of oxime groups is 1. The van der Waals surface area contributed by atoms with Gasteiger partial charge in [0.25, 0.3) is 10.0 Å². The number of rotatable bonds is 7. The molecule has 0 saturated heterocycles. The van der Waals surface area contributed by atoms with Crippen LogP contribution in [-0.4, -0.2) is 26.2 Å². The zero-order chi connectivity index (χ0) is 21.7. The van der Waals surface area contributed by atoms with E-state index in [2.05, 4.69) is 21.4 Å². The molecule has 30 heavy (non-hydrogen) atoms. The van der Waals surface area contributed by atoms with Gasteiger partial charge in [-0.15, -0.1) is 0 Å². The maximum absolute atomic E-state index is 13.0. The molecule has 0 aliphatic heterocycles. The third-order valence-corrected chi connectivity index (χ3v) is 5.89. The monoisotopic (exact) mass is 441 g/mol. The molecule has 1 aromatic heterocycles. The van der Waals surface area contributed by atoms with Crippen molar-refractivity contribution in [2.24, 2.45) is 5.16 Å². The number of nitrogens with one attached hydrogen (secondary N) is 1. The van der Waals surface area contributed by atoms with E-state index in [0.29, 0.717) is 27.5 Å². The van der Waals surface area contributed by atoms with E-state index in [0.717, 1.165) is 11.1 Å². The molecule has 0 radical (unpaired) electrons. The van der Waals surface area contributed by atoms with Crippen LogP contribution in [0, 0.1) is 0 Å². The number of benzene rings is 2. The Morgan fingerprint density at radius 3 is 2.33 bits per heavy atom. The van der Waals surface area contributed by atoms with Crippen LogP contribution < -0.4 is 4.72 Å². The van der Waals surface area contributed by atoms with Crippen LogP contribution in [0.3, 0.4) is 0 Å². The lowest BCUT2D eigenvalue weighted by Gasteiger charge is -2.15. The second-order valence-electron chi connectivity index (χ2n) is 6.46. The summed E-state index contributed by atoms with van der Waals surface area (Å²) in [5.41, 5.74) is 3.62. The van der Waals surface area contributed by atoms with E-state index in [1.54, 1.807) is 54.9 Å². The van der Waals surface area contributed by atoms with Crippen LogP contribution in [-0.2, 0) is 14.9 Å². The topological polar surface area (TPSA) is 80.7 Å². The lowest BCUT2D eigenvalue weighted by atomic mass is 10.0. The lowest BCUT2D eigenvalue weighted by molar-refractivity contribution is 0.214. The summed E-state index contributed by atoms with van der Waals surface area (Å²) in [5, 5.41) is 4.51. The molecule has 1 N–H and O–H groups in total. The van der Waals surface area contributed by atoms with Crippen molar-refractivity contribution >= 4 is 38.6 Å². The second-order valence-corrected chi connectivity index (χ2v) is 8.58. The molecule has 3 rings (SSSR count). The summed E-state index contributed by atoms with van der Waals surface area (Å²) >= 11 is 6.19. The van der Waals surface area contributed by atoms with Gasteiger partial charge in [-0.25, -0.2) is 8.42 Å². The molecule has 6 nitrogen and oxygen atoms in total. The van der Waals surface area contributed by atoms with Crippen molar-refractivity contribution in [2.75, 3.05) is 11.8 Å². The van der Waals surface area contributed by atoms with Gasteiger partial charge in [0.05, 0.1) is 10.6 Å². The predicted molar refractivity (Wildman–Crippen MR) is 120 cm³/mol. The van der Waals surface area contributed by atoms with E-state index in [1.165, 1.54) is 19.2 Å². The zero-order valence-corrected chi connectivity index (χ0v) is 18.0. The van der Waals surface area contributed by atoms with Crippen LogP contribution in [0.1, 0.15) is 23.6 Å². The number of hydrogen-bond donors (Lipinski definition) is 1. The molecule has 0 aliphatic carbocycles. The lowest BCUT2D eigenvalue weighted by Crippen LogP contribution is -2.16. The first-order chi connectivity index (χ1) is 14.3. The largest absolute Gasteiger partial charge is 0.399 e. The van der Waals surface area contributed by atoms with Crippen molar-refractivity contribution < 1.29 is 13.3 Å². The highest BCUT2D eigenvalue weighted by Gasteiger charge is 2.20. The van der Waals surface area contributed by atoms with E-state index in [4.69, 9.17) is 16.4 Å². The Morgan fingerprint density at radius 1 is 1.07 bits per heavy atom. The highest BCUT2D eigenvalue weighted by Crippen LogP contribution is 2.27. The highest BCUT2D eigenvalue weighted by molar-refractivity contribution is 7.92. The molecular formula is C22H20ClN3O3S. The fourth-order valence-corrected chi connectivity index (χ4v) is 4.03. The number of nitrogens with zero attached hydrogens (tertiary/aromatic N) is 2. The van der Waals surface area contributed by atoms with Gasteiger partial charge in [-0.3, -0.25) is 9.71 Å². The summed E-state index contributed by atoms with van der Waals surface area (Å²) in [6.45, 7) is 5.72. The van der Waals surface area contributed by atoms with Crippen LogP contribution in [0.25, 0.3) is 5.57 Å². The van der Waals surface area contributed by atoms with E-state index in [9.17, 15) is 8.42 Å². The van der Waals surface area contributed by atoms with Gasteiger partial charge in [0.1, 0.15) is 12.8 Å². The summed E-state index contributed by atoms with van der Waals surface area (Å²) < 4.78 is 28.6. The number of anilines is 1. The van der Waals surface area contributed by atoms with Crippen molar-refractivity contribution in [3.8, 4) is 0 Å². The summed E-state index contributed by atoms with van der Waals surface area (Å²) in [4.78, 5) is 9.12.